The molecule has 3 nitrogen and oxygen atoms in total. The molecular formula is C11H20BN3. The van der Waals surface area contributed by atoms with Gasteiger partial charge in [0.1, 0.15) is 0 Å². The van der Waals surface area contributed by atoms with E-state index in [0.29, 0.717) is 0 Å². The van der Waals surface area contributed by atoms with E-state index in [9.17, 15) is 5.26 Å². The zero-order valence-electron chi connectivity index (χ0n) is 10.6. The Balaban J connectivity index is 2.96. The summed E-state index contributed by atoms with van der Waals surface area (Å²) in [6.07, 6.45) is 4.03. The van der Waals surface area contributed by atoms with Crippen LogP contribution in [0.1, 0.15) is 41.5 Å². The SMILES string of the molecule is CC(C)(C)N1C=CN(C(C)(C)C)B1C#N. The maximum absolute atomic E-state index is 9.26. The van der Waals surface area contributed by atoms with Crippen molar-refractivity contribution >= 4 is 6.98 Å². The first kappa shape index (κ1) is 12.0. The van der Waals surface area contributed by atoms with Crippen molar-refractivity contribution in [2.24, 2.45) is 0 Å². The van der Waals surface area contributed by atoms with Crippen molar-refractivity contribution in [2.45, 2.75) is 52.6 Å². The maximum Gasteiger partial charge on any atom is 0.496 e. The molecule has 0 aliphatic carbocycles. The van der Waals surface area contributed by atoms with Gasteiger partial charge in [0.15, 0.2) is 0 Å². The van der Waals surface area contributed by atoms with Crippen molar-refractivity contribution < 1.29 is 0 Å². The molecule has 0 saturated carbocycles. The standard InChI is InChI=1S/C11H20BN3/c1-10(2,3)14-7-8-15(11(4,5)6)12(14)9-13/h7-8H,1-6H3. The van der Waals surface area contributed by atoms with E-state index in [1.54, 1.807) is 0 Å². The van der Waals surface area contributed by atoms with Gasteiger partial charge in [-0.15, -0.1) is 0 Å². The first-order valence-corrected chi connectivity index (χ1v) is 5.33. The second-order valence-electron chi connectivity index (χ2n) is 5.96. The number of nitrogens with zero attached hydrogens (tertiary/aromatic N) is 3. The fraction of sp³-hybridized carbons (Fsp3) is 0.727. The third kappa shape index (κ3) is 2.28. The lowest BCUT2D eigenvalue weighted by molar-refractivity contribution is 0.286. The summed E-state index contributed by atoms with van der Waals surface area (Å²) in [5.41, 5.74) is -0.0339. The average molecular weight is 205 g/mol. The highest BCUT2D eigenvalue weighted by atomic mass is 15.3. The number of hydrogen-bond donors (Lipinski definition) is 0. The highest BCUT2D eigenvalue weighted by Crippen LogP contribution is 2.27. The fourth-order valence-electron chi connectivity index (χ4n) is 1.75. The number of nitriles is 1. The Hall–Kier alpha value is -1.11. The van der Waals surface area contributed by atoms with Crippen LogP contribution in [0.15, 0.2) is 12.4 Å². The second-order valence-corrected chi connectivity index (χ2v) is 5.96. The predicted molar refractivity (Wildman–Crippen MR) is 63.7 cm³/mol. The average Bonchev–Trinajstić information content (AvgIpc) is 2.43. The molecule has 15 heavy (non-hydrogen) atoms. The zero-order chi connectivity index (χ0) is 11.9. The molecule has 1 rings (SSSR count). The summed E-state index contributed by atoms with van der Waals surface area (Å²) in [5.74, 6) is 2.37. The Labute approximate surface area is 93.5 Å². The molecule has 0 aromatic rings. The topological polar surface area (TPSA) is 30.3 Å². The van der Waals surface area contributed by atoms with Crippen LogP contribution < -0.4 is 0 Å². The normalized spacial score (nSPS) is 17.3. The molecular weight excluding hydrogens is 185 g/mol. The molecule has 82 valence electrons. The molecule has 0 saturated heterocycles. The lowest BCUT2D eigenvalue weighted by Crippen LogP contribution is -2.55. The first-order valence-electron chi connectivity index (χ1n) is 5.33. The van der Waals surface area contributed by atoms with E-state index in [-0.39, 0.29) is 18.1 Å². The van der Waals surface area contributed by atoms with Crippen LogP contribution in [0.5, 0.6) is 0 Å². The van der Waals surface area contributed by atoms with Crippen LogP contribution in [0.3, 0.4) is 0 Å². The molecule has 0 aromatic carbocycles. The van der Waals surface area contributed by atoms with E-state index in [1.807, 2.05) is 12.4 Å². The van der Waals surface area contributed by atoms with Crippen LogP contribution in [0.4, 0.5) is 0 Å². The molecule has 0 amide bonds. The minimum absolute atomic E-state index is 0.0170. The molecule has 0 bridgehead atoms. The molecule has 1 aliphatic heterocycles. The third-order valence-electron chi connectivity index (χ3n) is 2.58. The van der Waals surface area contributed by atoms with Gasteiger partial charge < -0.3 is 9.62 Å². The molecule has 0 aromatic heterocycles. The summed E-state index contributed by atoms with van der Waals surface area (Å²) in [4.78, 5) is 4.19. The van der Waals surface area contributed by atoms with Gasteiger partial charge in [0.05, 0.1) is 5.97 Å². The van der Waals surface area contributed by atoms with Crippen molar-refractivity contribution in [3.63, 3.8) is 0 Å². The van der Waals surface area contributed by atoms with Gasteiger partial charge in [0.25, 0.3) is 0 Å². The first-order chi connectivity index (χ1) is 6.68. The number of hydrogen-bond acceptors (Lipinski definition) is 3. The Kier molecular flexibility index (Phi) is 2.78. The van der Waals surface area contributed by atoms with Crippen LogP contribution in [0.25, 0.3) is 0 Å². The van der Waals surface area contributed by atoms with Gasteiger partial charge in [0, 0.05) is 23.5 Å². The molecule has 0 spiro atoms. The van der Waals surface area contributed by atoms with Gasteiger partial charge in [-0.3, -0.25) is 0 Å². The highest BCUT2D eigenvalue weighted by Gasteiger charge is 2.42. The molecule has 1 aliphatic rings. The summed E-state index contributed by atoms with van der Waals surface area (Å²) in [6.45, 7) is 12.5. The molecule has 0 N–H and O–H groups in total. The van der Waals surface area contributed by atoms with Crippen LogP contribution in [0, 0.1) is 11.2 Å². The van der Waals surface area contributed by atoms with Crippen molar-refractivity contribution in [1.29, 1.82) is 5.26 Å². The molecule has 4 heteroatoms. The highest BCUT2D eigenvalue weighted by molar-refractivity contribution is 6.62. The van der Waals surface area contributed by atoms with Crippen LogP contribution in [0.2, 0.25) is 0 Å². The fourth-order valence-corrected chi connectivity index (χ4v) is 1.75. The van der Waals surface area contributed by atoms with Crippen LogP contribution in [-0.2, 0) is 0 Å². The Morgan fingerprint density at radius 3 is 1.47 bits per heavy atom. The maximum atomic E-state index is 9.26. The van der Waals surface area contributed by atoms with Gasteiger partial charge in [-0.25, -0.2) is 5.26 Å². The zero-order valence-corrected chi connectivity index (χ0v) is 10.6. The van der Waals surface area contributed by atoms with Gasteiger partial charge in [-0.05, 0) is 41.5 Å². The lowest BCUT2D eigenvalue weighted by Gasteiger charge is -2.39. The van der Waals surface area contributed by atoms with E-state index < -0.39 is 0 Å². The quantitative estimate of drug-likeness (QED) is 0.568. The van der Waals surface area contributed by atoms with E-state index in [1.165, 1.54) is 0 Å². The Morgan fingerprint density at radius 1 is 0.933 bits per heavy atom. The van der Waals surface area contributed by atoms with E-state index >= 15 is 0 Å². The van der Waals surface area contributed by atoms with E-state index in [4.69, 9.17) is 0 Å². The predicted octanol–water partition coefficient (Wildman–Crippen LogP) is 2.22. The van der Waals surface area contributed by atoms with Gasteiger partial charge in [-0.1, -0.05) is 0 Å². The van der Waals surface area contributed by atoms with Gasteiger partial charge >= 0.3 is 6.98 Å². The summed E-state index contributed by atoms with van der Waals surface area (Å²) in [5, 5.41) is 9.26. The summed E-state index contributed by atoms with van der Waals surface area (Å²) < 4.78 is 0. The van der Waals surface area contributed by atoms with E-state index in [0.717, 1.165) is 0 Å². The monoisotopic (exact) mass is 205 g/mol. The largest absolute Gasteiger partial charge is 0.496 e. The molecule has 1 heterocycles. The number of rotatable bonds is 0. The minimum atomic E-state index is -0.190. The molecule has 0 unspecified atom stereocenters. The molecule has 0 atom stereocenters. The lowest BCUT2D eigenvalue weighted by atomic mass is 9.70. The smallest absolute Gasteiger partial charge is 0.384 e. The van der Waals surface area contributed by atoms with Crippen molar-refractivity contribution in [2.75, 3.05) is 0 Å². The summed E-state index contributed by atoms with van der Waals surface area (Å²) in [6, 6.07) is 0. The van der Waals surface area contributed by atoms with Gasteiger partial charge in [0.2, 0.25) is 0 Å². The van der Waals surface area contributed by atoms with Crippen LogP contribution in [-0.4, -0.2) is 27.7 Å². The summed E-state index contributed by atoms with van der Waals surface area (Å²) in [7, 11) is 0. The Morgan fingerprint density at radius 2 is 1.27 bits per heavy atom. The van der Waals surface area contributed by atoms with E-state index in [2.05, 4.69) is 57.1 Å². The van der Waals surface area contributed by atoms with Crippen molar-refractivity contribution in [3.05, 3.63) is 12.4 Å². The van der Waals surface area contributed by atoms with Gasteiger partial charge in [-0.2, -0.15) is 0 Å². The summed E-state index contributed by atoms with van der Waals surface area (Å²) >= 11 is 0. The third-order valence-corrected chi connectivity index (χ3v) is 2.58. The van der Waals surface area contributed by atoms with Crippen molar-refractivity contribution in [1.82, 2.24) is 9.62 Å². The van der Waals surface area contributed by atoms with Crippen molar-refractivity contribution in [3.8, 4) is 5.97 Å². The Bertz CT molecular complexity index is 279. The molecule has 0 radical (unpaired) electrons. The van der Waals surface area contributed by atoms with Crippen LogP contribution >= 0.6 is 0 Å². The second kappa shape index (κ2) is 3.48. The molecule has 0 fully saturated rings. The minimum Gasteiger partial charge on any atom is -0.384 e.